The van der Waals surface area contributed by atoms with Crippen molar-refractivity contribution in [2.24, 2.45) is 5.92 Å². The van der Waals surface area contributed by atoms with Gasteiger partial charge in [-0.15, -0.1) is 0 Å². The van der Waals surface area contributed by atoms with Gasteiger partial charge in [-0.1, -0.05) is 6.92 Å². The molecular formula is C14H24N4O. The van der Waals surface area contributed by atoms with E-state index in [2.05, 4.69) is 41.4 Å². The van der Waals surface area contributed by atoms with Crippen LogP contribution in [0.1, 0.15) is 31.7 Å². The lowest BCUT2D eigenvalue weighted by Gasteiger charge is -2.15. The number of hydrogen-bond acceptors (Lipinski definition) is 5. The van der Waals surface area contributed by atoms with Gasteiger partial charge in [-0.2, -0.15) is 0 Å². The van der Waals surface area contributed by atoms with E-state index < -0.39 is 0 Å². The molecule has 1 atom stereocenters. The van der Waals surface area contributed by atoms with Crippen LogP contribution in [-0.2, 0) is 11.2 Å². The van der Waals surface area contributed by atoms with Crippen molar-refractivity contribution in [3.8, 4) is 0 Å². The molecule has 1 fully saturated rings. The first kappa shape index (κ1) is 14.1. The Morgan fingerprint density at radius 3 is 2.53 bits per heavy atom. The van der Waals surface area contributed by atoms with Crippen molar-refractivity contribution in [2.75, 3.05) is 36.9 Å². The second kappa shape index (κ2) is 6.70. The molecule has 1 unspecified atom stereocenters. The molecule has 1 saturated heterocycles. The highest BCUT2D eigenvalue weighted by Crippen LogP contribution is 2.21. The Balaban J connectivity index is 2.10. The van der Waals surface area contributed by atoms with E-state index in [1.165, 1.54) is 0 Å². The number of aryl methyl sites for hydroxylation is 1. The molecule has 106 valence electrons. The maximum absolute atomic E-state index is 5.40. The minimum absolute atomic E-state index is 0.599. The molecule has 1 aromatic heterocycles. The summed E-state index contributed by atoms with van der Waals surface area (Å²) >= 11 is 0. The van der Waals surface area contributed by atoms with Gasteiger partial charge in [-0.25, -0.2) is 9.97 Å². The van der Waals surface area contributed by atoms with Gasteiger partial charge in [0.25, 0.3) is 0 Å². The normalized spacial score (nSPS) is 18.6. The van der Waals surface area contributed by atoms with Crippen LogP contribution in [0.25, 0.3) is 0 Å². The average molecular weight is 264 g/mol. The van der Waals surface area contributed by atoms with Crippen LogP contribution in [0.5, 0.6) is 0 Å². The fourth-order valence-corrected chi connectivity index (χ4v) is 2.22. The van der Waals surface area contributed by atoms with Crippen molar-refractivity contribution in [1.82, 2.24) is 9.97 Å². The van der Waals surface area contributed by atoms with Gasteiger partial charge in [-0.05, 0) is 20.3 Å². The Bertz CT molecular complexity index is 416. The molecule has 0 amide bonds. The molecule has 5 heteroatoms. The minimum atomic E-state index is 0.599. The Labute approximate surface area is 115 Å². The van der Waals surface area contributed by atoms with Crippen LogP contribution in [0.15, 0.2) is 0 Å². The summed E-state index contributed by atoms with van der Waals surface area (Å²) in [6, 6.07) is 0. The van der Waals surface area contributed by atoms with E-state index in [0.717, 1.165) is 62.2 Å². The fraction of sp³-hybridized carbons (Fsp3) is 0.714. The maximum atomic E-state index is 5.40. The van der Waals surface area contributed by atoms with Gasteiger partial charge >= 0.3 is 0 Å². The number of aromatic nitrogens is 2. The molecule has 0 bridgehead atoms. The Hall–Kier alpha value is -1.36. The molecule has 1 aromatic rings. The van der Waals surface area contributed by atoms with Crippen LogP contribution in [0.3, 0.4) is 0 Å². The largest absolute Gasteiger partial charge is 0.381 e. The third-order valence-electron chi connectivity index (χ3n) is 3.43. The second-order valence-corrected chi connectivity index (χ2v) is 4.96. The van der Waals surface area contributed by atoms with Gasteiger partial charge in [0.15, 0.2) is 0 Å². The maximum Gasteiger partial charge on any atom is 0.134 e. The highest BCUT2D eigenvalue weighted by atomic mass is 16.5. The van der Waals surface area contributed by atoms with Gasteiger partial charge in [-0.3, -0.25) is 0 Å². The first-order valence-electron chi connectivity index (χ1n) is 7.17. The summed E-state index contributed by atoms with van der Waals surface area (Å²) in [5, 5.41) is 6.76. The standard InChI is InChI=1S/C14H24N4O/c1-4-12-17-13(15-5-2)10(3)14(18-12)16-8-11-6-7-19-9-11/h11H,4-9H2,1-3H3,(H2,15,16,17,18). The Morgan fingerprint density at radius 1 is 1.21 bits per heavy atom. The molecule has 0 radical (unpaired) electrons. The quantitative estimate of drug-likeness (QED) is 0.825. The number of nitrogens with one attached hydrogen (secondary N) is 2. The SMILES string of the molecule is CCNc1nc(CC)nc(NCC2CCOC2)c1C. The number of nitrogens with zero attached hydrogens (tertiary/aromatic N) is 2. The van der Waals surface area contributed by atoms with E-state index in [1.807, 2.05) is 0 Å². The zero-order chi connectivity index (χ0) is 13.7. The van der Waals surface area contributed by atoms with E-state index in [4.69, 9.17) is 4.74 Å². The second-order valence-electron chi connectivity index (χ2n) is 4.96. The lowest BCUT2D eigenvalue weighted by Crippen LogP contribution is -2.17. The van der Waals surface area contributed by atoms with Crippen LogP contribution >= 0.6 is 0 Å². The number of rotatable bonds is 6. The molecule has 1 aliphatic heterocycles. The molecule has 0 aromatic carbocycles. The molecule has 1 aliphatic rings. The van der Waals surface area contributed by atoms with Gasteiger partial charge in [0.05, 0.1) is 6.61 Å². The predicted octanol–water partition coefficient (Wildman–Crippen LogP) is 2.23. The van der Waals surface area contributed by atoms with Crippen LogP contribution in [0.2, 0.25) is 0 Å². The smallest absolute Gasteiger partial charge is 0.134 e. The van der Waals surface area contributed by atoms with Gasteiger partial charge < -0.3 is 15.4 Å². The van der Waals surface area contributed by atoms with Crippen molar-refractivity contribution in [2.45, 2.75) is 33.6 Å². The minimum Gasteiger partial charge on any atom is -0.381 e. The highest BCUT2D eigenvalue weighted by Gasteiger charge is 2.16. The Kier molecular flexibility index (Phi) is 4.96. The van der Waals surface area contributed by atoms with Crippen molar-refractivity contribution < 1.29 is 4.74 Å². The lowest BCUT2D eigenvalue weighted by molar-refractivity contribution is 0.187. The van der Waals surface area contributed by atoms with Crippen molar-refractivity contribution in [3.05, 3.63) is 11.4 Å². The summed E-state index contributed by atoms with van der Waals surface area (Å²) in [6.07, 6.45) is 1.98. The molecule has 0 aliphatic carbocycles. The highest BCUT2D eigenvalue weighted by molar-refractivity contribution is 5.57. The topological polar surface area (TPSA) is 59.1 Å². The number of ether oxygens (including phenoxy) is 1. The monoisotopic (exact) mass is 264 g/mol. The van der Waals surface area contributed by atoms with Gasteiger partial charge in [0.1, 0.15) is 17.5 Å². The Morgan fingerprint density at radius 2 is 1.95 bits per heavy atom. The molecule has 2 N–H and O–H groups in total. The van der Waals surface area contributed by atoms with Crippen molar-refractivity contribution in [3.63, 3.8) is 0 Å². The molecule has 0 saturated carbocycles. The van der Waals surface area contributed by atoms with E-state index >= 15 is 0 Å². The average Bonchev–Trinajstić information content (AvgIpc) is 2.93. The van der Waals surface area contributed by atoms with Crippen molar-refractivity contribution in [1.29, 1.82) is 0 Å². The molecule has 2 rings (SSSR count). The van der Waals surface area contributed by atoms with Crippen LogP contribution in [0.4, 0.5) is 11.6 Å². The third-order valence-corrected chi connectivity index (χ3v) is 3.43. The van der Waals surface area contributed by atoms with Crippen molar-refractivity contribution >= 4 is 11.6 Å². The van der Waals surface area contributed by atoms with Crippen LogP contribution < -0.4 is 10.6 Å². The lowest BCUT2D eigenvalue weighted by atomic mass is 10.1. The molecule has 19 heavy (non-hydrogen) atoms. The molecular weight excluding hydrogens is 240 g/mol. The van der Waals surface area contributed by atoms with Gasteiger partial charge in [0, 0.05) is 37.6 Å². The summed E-state index contributed by atoms with van der Waals surface area (Å²) < 4.78 is 5.40. The fourth-order valence-electron chi connectivity index (χ4n) is 2.22. The van der Waals surface area contributed by atoms with Crippen LogP contribution in [-0.4, -0.2) is 36.3 Å². The van der Waals surface area contributed by atoms with Crippen LogP contribution in [0, 0.1) is 12.8 Å². The zero-order valence-corrected chi connectivity index (χ0v) is 12.1. The summed E-state index contributed by atoms with van der Waals surface area (Å²) in [6.45, 7) is 9.76. The zero-order valence-electron chi connectivity index (χ0n) is 12.1. The molecule has 5 nitrogen and oxygen atoms in total. The van der Waals surface area contributed by atoms with E-state index in [9.17, 15) is 0 Å². The summed E-state index contributed by atoms with van der Waals surface area (Å²) in [5.41, 5.74) is 1.10. The first-order chi connectivity index (χ1) is 9.24. The first-order valence-corrected chi connectivity index (χ1v) is 7.17. The van der Waals surface area contributed by atoms with E-state index in [1.54, 1.807) is 0 Å². The third kappa shape index (κ3) is 3.56. The number of anilines is 2. The van der Waals surface area contributed by atoms with E-state index in [0.29, 0.717) is 5.92 Å². The molecule has 2 heterocycles. The summed E-state index contributed by atoms with van der Waals surface area (Å²) in [7, 11) is 0. The number of hydrogen-bond donors (Lipinski definition) is 2. The predicted molar refractivity (Wildman–Crippen MR) is 77.7 cm³/mol. The molecule has 0 spiro atoms. The van der Waals surface area contributed by atoms with E-state index in [-0.39, 0.29) is 0 Å². The summed E-state index contributed by atoms with van der Waals surface area (Å²) in [4.78, 5) is 9.13. The van der Waals surface area contributed by atoms with Gasteiger partial charge in [0.2, 0.25) is 0 Å². The summed E-state index contributed by atoms with van der Waals surface area (Å²) in [5.74, 6) is 3.38.